The van der Waals surface area contributed by atoms with E-state index in [1.54, 1.807) is 0 Å². The van der Waals surface area contributed by atoms with E-state index in [9.17, 15) is 5.11 Å². The van der Waals surface area contributed by atoms with Gasteiger partial charge >= 0.3 is 0 Å². The van der Waals surface area contributed by atoms with Crippen molar-refractivity contribution in [1.82, 2.24) is 10.2 Å². The van der Waals surface area contributed by atoms with Gasteiger partial charge in [0.15, 0.2) is 0 Å². The number of aliphatic hydroxyl groups excluding tert-OH is 1. The third-order valence-corrected chi connectivity index (χ3v) is 3.81. The summed E-state index contributed by atoms with van der Waals surface area (Å²) in [5.41, 5.74) is 0. The maximum absolute atomic E-state index is 9.62. The molecule has 16 heavy (non-hydrogen) atoms. The Morgan fingerprint density at radius 1 is 1.31 bits per heavy atom. The second kappa shape index (κ2) is 7.25. The largest absolute Gasteiger partial charge is 0.392 e. The van der Waals surface area contributed by atoms with E-state index < -0.39 is 0 Å². The quantitative estimate of drug-likeness (QED) is 0.722. The molecule has 0 amide bonds. The number of likely N-dealkylation sites (tertiary alicyclic amines) is 1. The van der Waals surface area contributed by atoms with Crippen LogP contribution >= 0.6 is 0 Å². The smallest absolute Gasteiger partial charge is 0.0664 e. The SMILES string of the molecule is CCNC(C)C1CCN(CC(O)CC)CC1. The number of rotatable bonds is 6. The van der Waals surface area contributed by atoms with Gasteiger partial charge in [0.25, 0.3) is 0 Å². The summed E-state index contributed by atoms with van der Waals surface area (Å²) in [5.74, 6) is 0.815. The minimum absolute atomic E-state index is 0.136. The Morgan fingerprint density at radius 3 is 2.44 bits per heavy atom. The molecule has 3 nitrogen and oxygen atoms in total. The molecule has 0 spiro atoms. The number of aliphatic hydroxyl groups is 1. The number of hydrogen-bond acceptors (Lipinski definition) is 3. The van der Waals surface area contributed by atoms with Crippen molar-refractivity contribution in [1.29, 1.82) is 0 Å². The second-order valence-electron chi connectivity index (χ2n) is 5.05. The first-order valence-electron chi connectivity index (χ1n) is 6.81. The highest BCUT2D eigenvalue weighted by atomic mass is 16.3. The van der Waals surface area contributed by atoms with Crippen molar-refractivity contribution in [2.75, 3.05) is 26.2 Å². The summed E-state index contributed by atoms with van der Waals surface area (Å²) in [4.78, 5) is 2.41. The van der Waals surface area contributed by atoms with Gasteiger partial charge in [-0.3, -0.25) is 0 Å². The summed E-state index contributed by atoms with van der Waals surface area (Å²) in [5, 5.41) is 13.1. The Hall–Kier alpha value is -0.120. The predicted octanol–water partition coefficient (Wildman–Crippen LogP) is 1.47. The van der Waals surface area contributed by atoms with Crippen LogP contribution in [0.1, 0.15) is 40.0 Å². The third kappa shape index (κ3) is 4.40. The van der Waals surface area contributed by atoms with Crippen molar-refractivity contribution in [3.63, 3.8) is 0 Å². The van der Waals surface area contributed by atoms with Gasteiger partial charge in [-0.05, 0) is 51.7 Å². The van der Waals surface area contributed by atoms with Gasteiger partial charge in [-0.25, -0.2) is 0 Å². The number of nitrogens with one attached hydrogen (secondary N) is 1. The van der Waals surface area contributed by atoms with E-state index in [1.807, 2.05) is 6.92 Å². The summed E-state index contributed by atoms with van der Waals surface area (Å²) >= 11 is 0. The molecule has 2 N–H and O–H groups in total. The van der Waals surface area contributed by atoms with Crippen LogP contribution in [0.3, 0.4) is 0 Å². The highest BCUT2D eigenvalue weighted by Crippen LogP contribution is 2.20. The lowest BCUT2D eigenvalue weighted by molar-refractivity contribution is 0.0818. The predicted molar refractivity (Wildman–Crippen MR) is 68.6 cm³/mol. The zero-order chi connectivity index (χ0) is 12.0. The first-order valence-corrected chi connectivity index (χ1v) is 6.81. The molecule has 0 bridgehead atoms. The van der Waals surface area contributed by atoms with Crippen LogP contribution in [0, 0.1) is 5.92 Å². The van der Waals surface area contributed by atoms with E-state index >= 15 is 0 Å². The van der Waals surface area contributed by atoms with Gasteiger partial charge in [0.1, 0.15) is 0 Å². The van der Waals surface area contributed by atoms with Crippen LogP contribution in [-0.2, 0) is 0 Å². The van der Waals surface area contributed by atoms with Gasteiger partial charge in [0.05, 0.1) is 6.10 Å². The summed E-state index contributed by atoms with van der Waals surface area (Å²) in [6, 6.07) is 0.642. The van der Waals surface area contributed by atoms with Crippen molar-refractivity contribution in [2.45, 2.75) is 52.2 Å². The van der Waals surface area contributed by atoms with Crippen molar-refractivity contribution in [2.24, 2.45) is 5.92 Å². The van der Waals surface area contributed by atoms with Gasteiger partial charge < -0.3 is 15.3 Å². The van der Waals surface area contributed by atoms with Crippen molar-refractivity contribution < 1.29 is 5.11 Å². The third-order valence-electron chi connectivity index (χ3n) is 3.81. The molecule has 3 heteroatoms. The molecule has 1 aliphatic rings. The molecule has 0 aromatic heterocycles. The van der Waals surface area contributed by atoms with Gasteiger partial charge in [0.2, 0.25) is 0 Å². The average Bonchev–Trinajstić information content (AvgIpc) is 2.30. The maximum atomic E-state index is 9.62. The van der Waals surface area contributed by atoms with Gasteiger partial charge in [-0.1, -0.05) is 13.8 Å². The lowest BCUT2D eigenvalue weighted by atomic mass is 9.90. The van der Waals surface area contributed by atoms with Crippen LogP contribution < -0.4 is 5.32 Å². The summed E-state index contributed by atoms with van der Waals surface area (Å²) < 4.78 is 0. The number of hydrogen-bond donors (Lipinski definition) is 2. The fourth-order valence-corrected chi connectivity index (χ4v) is 2.55. The van der Waals surface area contributed by atoms with E-state index in [-0.39, 0.29) is 6.10 Å². The Balaban J connectivity index is 2.23. The zero-order valence-electron chi connectivity index (χ0n) is 11.1. The maximum Gasteiger partial charge on any atom is 0.0664 e. The molecule has 1 saturated heterocycles. The van der Waals surface area contributed by atoms with Gasteiger partial charge in [-0.15, -0.1) is 0 Å². The van der Waals surface area contributed by atoms with E-state index in [1.165, 1.54) is 12.8 Å². The lowest BCUT2D eigenvalue weighted by Crippen LogP contribution is -2.44. The average molecular weight is 228 g/mol. The molecule has 1 rings (SSSR count). The molecule has 0 radical (unpaired) electrons. The van der Waals surface area contributed by atoms with Crippen molar-refractivity contribution in [3.8, 4) is 0 Å². The molecular weight excluding hydrogens is 200 g/mol. The van der Waals surface area contributed by atoms with Crippen molar-refractivity contribution >= 4 is 0 Å². The molecule has 1 fully saturated rings. The number of β-amino-alcohol motifs (C(OH)–C–C–N with tert-alkyl or cyclic N) is 1. The molecule has 2 atom stereocenters. The van der Waals surface area contributed by atoms with Crippen LogP contribution in [0.4, 0.5) is 0 Å². The standard InChI is InChI=1S/C13H28N2O/c1-4-13(16)10-15-8-6-12(7-9-15)11(3)14-5-2/h11-14,16H,4-10H2,1-3H3. The Kier molecular flexibility index (Phi) is 6.32. The monoisotopic (exact) mass is 228 g/mol. The highest BCUT2D eigenvalue weighted by Gasteiger charge is 2.23. The number of nitrogens with zero attached hydrogens (tertiary/aromatic N) is 1. The van der Waals surface area contributed by atoms with Crippen LogP contribution in [0.25, 0.3) is 0 Å². The molecule has 0 aliphatic carbocycles. The minimum Gasteiger partial charge on any atom is -0.392 e. The van der Waals surface area contributed by atoms with Crippen LogP contribution in [0.2, 0.25) is 0 Å². The first kappa shape index (κ1) is 13.9. The molecule has 0 aromatic carbocycles. The normalized spacial score (nSPS) is 23.2. The highest BCUT2D eigenvalue weighted by molar-refractivity contribution is 4.80. The fraction of sp³-hybridized carbons (Fsp3) is 1.00. The van der Waals surface area contributed by atoms with E-state index in [0.717, 1.165) is 38.5 Å². The Labute approximate surface area is 100 Å². The fourth-order valence-electron chi connectivity index (χ4n) is 2.55. The number of piperidine rings is 1. The first-order chi connectivity index (χ1) is 7.67. The zero-order valence-corrected chi connectivity index (χ0v) is 11.1. The molecule has 1 heterocycles. The van der Waals surface area contributed by atoms with E-state index in [4.69, 9.17) is 0 Å². The van der Waals surface area contributed by atoms with Crippen molar-refractivity contribution in [3.05, 3.63) is 0 Å². The van der Waals surface area contributed by atoms with E-state index in [2.05, 4.69) is 24.1 Å². The van der Waals surface area contributed by atoms with Crippen LogP contribution in [0.5, 0.6) is 0 Å². The van der Waals surface area contributed by atoms with Gasteiger partial charge in [0, 0.05) is 12.6 Å². The van der Waals surface area contributed by atoms with Crippen LogP contribution in [0.15, 0.2) is 0 Å². The van der Waals surface area contributed by atoms with E-state index in [0.29, 0.717) is 6.04 Å². The molecule has 0 saturated carbocycles. The molecule has 2 unspecified atom stereocenters. The molecule has 96 valence electrons. The minimum atomic E-state index is -0.136. The Morgan fingerprint density at radius 2 is 1.94 bits per heavy atom. The van der Waals surface area contributed by atoms with Gasteiger partial charge in [-0.2, -0.15) is 0 Å². The Bertz CT molecular complexity index is 179. The summed E-state index contributed by atoms with van der Waals surface area (Å²) in [6.07, 6.45) is 3.27. The summed E-state index contributed by atoms with van der Waals surface area (Å²) in [6.45, 7) is 10.7. The van der Waals surface area contributed by atoms with Crippen LogP contribution in [-0.4, -0.2) is 48.3 Å². The second-order valence-corrected chi connectivity index (χ2v) is 5.05. The lowest BCUT2D eigenvalue weighted by Gasteiger charge is -2.35. The molecule has 0 aromatic rings. The molecular formula is C13H28N2O. The topological polar surface area (TPSA) is 35.5 Å². The molecule has 1 aliphatic heterocycles. The summed E-state index contributed by atoms with van der Waals surface area (Å²) in [7, 11) is 0.